The van der Waals surface area contributed by atoms with Gasteiger partial charge in [0.2, 0.25) is 0 Å². The normalized spacial score (nSPS) is 11.7. The summed E-state index contributed by atoms with van der Waals surface area (Å²) in [5.41, 5.74) is 1.92. The Morgan fingerprint density at radius 2 is 2.04 bits per heavy atom. The summed E-state index contributed by atoms with van der Waals surface area (Å²) in [6.07, 6.45) is 3.74. The van der Waals surface area contributed by atoms with Gasteiger partial charge < -0.3 is 10.6 Å². The van der Waals surface area contributed by atoms with Crippen LogP contribution in [0.2, 0.25) is 10.0 Å². The van der Waals surface area contributed by atoms with Crippen LogP contribution in [0.4, 0.5) is 0 Å². The molecule has 1 aromatic carbocycles. The zero-order valence-corrected chi connectivity index (χ0v) is 15.9. The van der Waals surface area contributed by atoms with Crippen LogP contribution in [0, 0.1) is 0 Å². The second-order valence-corrected chi connectivity index (χ2v) is 6.58. The highest BCUT2D eigenvalue weighted by Gasteiger charge is 2.06. The van der Waals surface area contributed by atoms with E-state index in [1.807, 2.05) is 40.9 Å². The summed E-state index contributed by atoms with van der Waals surface area (Å²) in [6.45, 7) is 1.31. The number of aryl methyl sites for hydroxylation is 1. The molecule has 0 saturated carbocycles. The van der Waals surface area contributed by atoms with Crippen molar-refractivity contribution in [1.29, 1.82) is 0 Å². The summed E-state index contributed by atoms with van der Waals surface area (Å²) in [4.78, 5) is 4.23. The van der Waals surface area contributed by atoms with Crippen molar-refractivity contribution >= 4 is 34.8 Å². The number of hydrogen-bond acceptors (Lipinski definition) is 3. The lowest BCUT2D eigenvalue weighted by Gasteiger charge is -2.11. The van der Waals surface area contributed by atoms with Crippen molar-refractivity contribution in [2.75, 3.05) is 13.6 Å². The number of aliphatic imine (C=N–C) groups is 1. The number of nitrogens with zero attached hydrogens (tertiary/aromatic N) is 4. The maximum atomic E-state index is 6.20. The van der Waals surface area contributed by atoms with Crippen LogP contribution < -0.4 is 10.6 Å². The maximum Gasteiger partial charge on any atom is 0.191 e. The number of hydrogen-bond donors (Lipinski definition) is 2. The van der Waals surface area contributed by atoms with Crippen LogP contribution in [0.1, 0.15) is 17.8 Å². The molecule has 0 atom stereocenters. The molecule has 0 unspecified atom stereocenters. The molecule has 0 amide bonds. The van der Waals surface area contributed by atoms with E-state index in [4.69, 9.17) is 23.2 Å². The standard InChI is InChI=1S/C18H20Cl2N6/c1-21-18(22-9-4-5-13-7-8-14(19)11-15(13)20)23-12-17-25-24-16-6-2-3-10-26(16)17/h2-3,6-8,10-11H,4-5,9,12H2,1H3,(H2,21,22,23). The molecule has 0 bridgehead atoms. The average molecular weight is 391 g/mol. The number of benzene rings is 1. The Morgan fingerprint density at radius 1 is 1.15 bits per heavy atom. The Kier molecular flexibility index (Phi) is 6.30. The van der Waals surface area contributed by atoms with E-state index in [2.05, 4.69) is 25.8 Å². The van der Waals surface area contributed by atoms with Gasteiger partial charge in [-0.05, 0) is 42.7 Å². The molecule has 3 rings (SSSR count). The lowest BCUT2D eigenvalue weighted by atomic mass is 10.1. The molecule has 0 aliphatic carbocycles. The second-order valence-electron chi connectivity index (χ2n) is 5.74. The Labute approximate surface area is 162 Å². The number of pyridine rings is 1. The molecule has 26 heavy (non-hydrogen) atoms. The first-order valence-electron chi connectivity index (χ1n) is 8.34. The number of rotatable bonds is 6. The molecule has 0 radical (unpaired) electrons. The van der Waals surface area contributed by atoms with Crippen LogP contribution in [-0.2, 0) is 13.0 Å². The number of guanidine groups is 1. The van der Waals surface area contributed by atoms with Gasteiger partial charge in [0.15, 0.2) is 17.4 Å². The zero-order valence-electron chi connectivity index (χ0n) is 14.4. The fourth-order valence-electron chi connectivity index (χ4n) is 2.60. The van der Waals surface area contributed by atoms with Crippen LogP contribution in [0.25, 0.3) is 5.65 Å². The minimum Gasteiger partial charge on any atom is -0.356 e. The molecule has 8 heteroatoms. The van der Waals surface area contributed by atoms with Gasteiger partial charge in [0.25, 0.3) is 0 Å². The van der Waals surface area contributed by atoms with E-state index < -0.39 is 0 Å². The molecule has 2 N–H and O–H groups in total. The molecule has 3 aromatic rings. The molecule has 2 heterocycles. The molecule has 0 spiro atoms. The smallest absolute Gasteiger partial charge is 0.191 e. The van der Waals surface area contributed by atoms with E-state index in [-0.39, 0.29) is 0 Å². The summed E-state index contributed by atoms with van der Waals surface area (Å²) in [6, 6.07) is 11.4. The van der Waals surface area contributed by atoms with Crippen LogP contribution >= 0.6 is 23.2 Å². The molecular weight excluding hydrogens is 371 g/mol. The Balaban J connectivity index is 1.46. The highest BCUT2D eigenvalue weighted by Crippen LogP contribution is 2.21. The minimum atomic E-state index is 0.536. The monoisotopic (exact) mass is 390 g/mol. The molecule has 0 saturated heterocycles. The highest BCUT2D eigenvalue weighted by atomic mass is 35.5. The fraction of sp³-hybridized carbons (Fsp3) is 0.278. The van der Waals surface area contributed by atoms with Crippen molar-refractivity contribution in [3.8, 4) is 0 Å². The first-order chi connectivity index (χ1) is 12.7. The van der Waals surface area contributed by atoms with Gasteiger partial charge in [0.05, 0.1) is 6.54 Å². The Morgan fingerprint density at radius 3 is 2.85 bits per heavy atom. The molecule has 2 aromatic heterocycles. The van der Waals surface area contributed by atoms with E-state index in [1.54, 1.807) is 13.1 Å². The van der Waals surface area contributed by atoms with Gasteiger partial charge in [-0.1, -0.05) is 35.3 Å². The first-order valence-corrected chi connectivity index (χ1v) is 9.10. The summed E-state index contributed by atoms with van der Waals surface area (Å²) in [7, 11) is 1.74. The number of nitrogens with one attached hydrogen (secondary N) is 2. The van der Waals surface area contributed by atoms with Gasteiger partial charge in [-0.3, -0.25) is 9.39 Å². The molecule has 0 aliphatic rings. The first kappa shape index (κ1) is 18.5. The largest absolute Gasteiger partial charge is 0.356 e. The summed E-state index contributed by atoms with van der Waals surface area (Å²) >= 11 is 12.1. The van der Waals surface area contributed by atoms with Gasteiger partial charge >= 0.3 is 0 Å². The van der Waals surface area contributed by atoms with Gasteiger partial charge in [0.1, 0.15) is 0 Å². The minimum absolute atomic E-state index is 0.536. The third kappa shape index (κ3) is 4.65. The van der Waals surface area contributed by atoms with E-state index in [0.29, 0.717) is 16.6 Å². The average Bonchev–Trinajstić information content (AvgIpc) is 3.06. The van der Waals surface area contributed by atoms with Crippen molar-refractivity contribution in [2.45, 2.75) is 19.4 Å². The van der Waals surface area contributed by atoms with Crippen molar-refractivity contribution in [2.24, 2.45) is 4.99 Å². The fourth-order valence-corrected chi connectivity index (χ4v) is 3.11. The number of fused-ring (bicyclic) bond motifs is 1. The highest BCUT2D eigenvalue weighted by molar-refractivity contribution is 6.35. The third-order valence-corrected chi connectivity index (χ3v) is 4.54. The quantitative estimate of drug-likeness (QED) is 0.384. The Hall–Kier alpha value is -2.31. The molecule has 136 valence electrons. The topological polar surface area (TPSA) is 66.6 Å². The maximum absolute atomic E-state index is 6.20. The summed E-state index contributed by atoms with van der Waals surface area (Å²) in [5, 5.41) is 16.2. The van der Waals surface area contributed by atoms with Crippen LogP contribution in [0.3, 0.4) is 0 Å². The van der Waals surface area contributed by atoms with Gasteiger partial charge in [0, 0.05) is 29.8 Å². The summed E-state index contributed by atoms with van der Waals surface area (Å²) < 4.78 is 1.95. The van der Waals surface area contributed by atoms with E-state index in [0.717, 1.165) is 42.4 Å². The molecule has 0 fully saturated rings. The molecule has 0 aliphatic heterocycles. The SMILES string of the molecule is CN=C(NCCCc1ccc(Cl)cc1Cl)NCc1nnc2ccccn12. The van der Waals surface area contributed by atoms with E-state index in [1.165, 1.54) is 0 Å². The number of halogens is 2. The van der Waals surface area contributed by atoms with Crippen LogP contribution in [-0.4, -0.2) is 34.2 Å². The Bertz CT molecular complexity index is 906. The van der Waals surface area contributed by atoms with E-state index in [9.17, 15) is 0 Å². The van der Waals surface area contributed by atoms with E-state index >= 15 is 0 Å². The lowest BCUT2D eigenvalue weighted by molar-refractivity contribution is 0.727. The van der Waals surface area contributed by atoms with Gasteiger partial charge in [-0.2, -0.15) is 0 Å². The lowest BCUT2D eigenvalue weighted by Crippen LogP contribution is -2.37. The predicted molar refractivity (Wildman–Crippen MR) is 106 cm³/mol. The van der Waals surface area contributed by atoms with Crippen LogP contribution in [0.5, 0.6) is 0 Å². The van der Waals surface area contributed by atoms with Crippen molar-refractivity contribution < 1.29 is 0 Å². The second kappa shape index (κ2) is 8.87. The van der Waals surface area contributed by atoms with Crippen molar-refractivity contribution in [3.63, 3.8) is 0 Å². The van der Waals surface area contributed by atoms with Crippen molar-refractivity contribution in [1.82, 2.24) is 25.2 Å². The van der Waals surface area contributed by atoms with Gasteiger partial charge in [-0.15, -0.1) is 10.2 Å². The van der Waals surface area contributed by atoms with Gasteiger partial charge in [-0.25, -0.2) is 0 Å². The van der Waals surface area contributed by atoms with Crippen LogP contribution in [0.15, 0.2) is 47.6 Å². The predicted octanol–water partition coefficient (Wildman–Crippen LogP) is 3.33. The van der Waals surface area contributed by atoms with Crippen molar-refractivity contribution in [3.05, 3.63) is 64.0 Å². The molecule has 6 nitrogen and oxygen atoms in total. The number of aromatic nitrogens is 3. The zero-order chi connectivity index (χ0) is 18.4. The molecular formula is C18H20Cl2N6. The third-order valence-electron chi connectivity index (χ3n) is 3.95. The summed E-state index contributed by atoms with van der Waals surface area (Å²) in [5.74, 6) is 1.55.